The number of hydrogen-bond donors (Lipinski definition) is 2. The summed E-state index contributed by atoms with van der Waals surface area (Å²) in [4.78, 5) is 5.09. The van der Waals surface area contributed by atoms with E-state index in [0.717, 1.165) is 29.0 Å². The van der Waals surface area contributed by atoms with E-state index in [-0.39, 0.29) is 6.61 Å². The van der Waals surface area contributed by atoms with Crippen LogP contribution in [0.15, 0.2) is 24.3 Å². The summed E-state index contributed by atoms with van der Waals surface area (Å²) < 4.78 is 0. The van der Waals surface area contributed by atoms with Crippen molar-refractivity contribution in [3.63, 3.8) is 0 Å². The van der Waals surface area contributed by atoms with E-state index in [1.54, 1.807) is 0 Å². The number of hydrogen-bond acceptors (Lipinski definition) is 4. The summed E-state index contributed by atoms with van der Waals surface area (Å²) in [5.74, 6) is 0. The molecule has 0 amide bonds. The second-order valence-corrected chi connectivity index (χ2v) is 5.04. The molecular formula is C13H16N2OS. The standard InChI is InChI=1S/C13H16N2OS/c1-2-3-9-4-6-10(7-5-9)12-11(8-16)17-13(14)15-12/h4-7,16H,2-3,8H2,1H3,(H2,14,15). The maximum atomic E-state index is 9.25. The van der Waals surface area contributed by atoms with Crippen molar-refractivity contribution in [2.45, 2.75) is 26.4 Å². The number of rotatable bonds is 4. The van der Waals surface area contributed by atoms with Gasteiger partial charge in [-0.3, -0.25) is 0 Å². The van der Waals surface area contributed by atoms with Crippen LogP contribution in [-0.2, 0) is 13.0 Å². The van der Waals surface area contributed by atoms with Gasteiger partial charge in [0.1, 0.15) is 0 Å². The van der Waals surface area contributed by atoms with Crippen LogP contribution in [0.25, 0.3) is 11.3 Å². The molecule has 0 spiro atoms. The summed E-state index contributed by atoms with van der Waals surface area (Å²) in [6.45, 7) is 2.15. The van der Waals surface area contributed by atoms with Gasteiger partial charge in [-0.2, -0.15) is 0 Å². The van der Waals surface area contributed by atoms with E-state index in [4.69, 9.17) is 5.73 Å². The first-order valence-electron chi connectivity index (χ1n) is 5.70. The number of aromatic nitrogens is 1. The fourth-order valence-corrected chi connectivity index (χ4v) is 2.53. The molecule has 0 unspecified atom stereocenters. The van der Waals surface area contributed by atoms with Crippen LogP contribution in [0.2, 0.25) is 0 Å². The Labute approximate surface area is 105 Å². The van der Waals surface area contributed by atoms with Gasteiger partial charge in [-0.15, -0.1) is 0 Å². The van der Waals surface area contributed by atoms with Gasteiger partial charge in [-0.05, 0) is 12.0 Å². The van der Waals surface area contributed by atoms with E-state index < -0.39 is 0 Å². The van der Waals surface area contributed by atoms with Crippen molar-refractivity contribution in [3.8, 4) is 11.3 Å². The lowest BCUT2D eigenvalue weighted by Crippen LogP contribution is -1.88. The van der Waals surface area contributed by atoms with Gasteiger partial charge in [-0.1, -0.05) is 48.9 Å². The molecule has 0 aliphatic carbocycles. The van der Waals surface area contributed by atoms with Crippen LogP contribution in [0.3, 0.4) is 0 Å². The molecule has 0 radical (unpaired) electrons. The first kappa shape index (κ1) is 12.1. The smallest absolute Gasteiger partial charge is 0.180 e. The SMILES string of the molecule is CCCc1ccc(-c2nc(N)sc2CO)cc1. The third kappa shape index (κ3) is 2.65. The Morgan fingerprint density at radius 2 is 2.00 bits per heavy atom. The Kier molecular flexibility index (Phi) is 3.76. The lowest BCUT2D eigenvalue weighted by Gasteiger charge is -2.02. The summed E-state index contributed by atoms with van der Waals surface area (Å²) in [6.07, 6.45) is 2.23. The van der Waals surface area contributed by atoms with Crippen molar-refractivity contribution in [2.75, 3.05) is 5.73 Å². The molecule has 0 fully saturated rings. The second-order valence-electron chi connectivity index (χ2n) is 3.93. The third-order valence-corrected chi connectivity index (χ3v) is 3.49. The normalized spacial score (nSPS) is 10.7. The highest BCUT2D eigenvalue weighted by Gasteiger charge is 2.10. The molecule has 3 nitrogen and oxygen atoms in total. The molecule has 2 rings (SSSR count). The summed E-state index contributed by atoms with van der Waals surface area (Å²) in [5.41, 5.74) is 8.81. The highest BCUT2D eigenvalue weighted by Crippen LogP contribution is 2.29. The second kappa shape index (κ2) is 5.29. The molecule has 3 N–H and O–H groups in total. The van der Waals surface area contributed by atoms with Crippen LogP contribution in [-0.4, -0.2) is 10.1 Å². The molecule has 0 saturated heterocycles. The van der Waals surface area contributed by atoms with Crippen LogP contribution in [0.5, 0.6) is 0 Å². The van der Waals surface area contributed by atoms with Gasteiger partial charge >= 0.3 is 0 Å². The van der Waals surface area contributed by atoms with E-state index >= 15 is 0 Å². The molecule has 0 aliphatic rings. The molecular weight excluding hydrogens is 232 g/mol. The van der Waals surface area contributed by atoms with E-state index in [1.165, 1.54) is 16.9 Å². The number of nitrogen functional groups attached to an aromatic ring is 1. The molecule has 1 aromatic carbocycles. The van der Waals surface area contributed by atoms with Crippen LogP contribution >= 0.6 is 11.3 Å². The Morgan fingerprint density at radius 1 is 1.29 bits per heavy atom. The highest BCUT2D eigenvalue weighted by atomic mass is 32.1. The minimum atomic E-state index is -0.0130. The van der Waals surface area contributed by atoms with Crippen molar-refractivity contribution in [3.05, 3.63) is 34.7 Å². The number of aryl methyl sites for hydroxylation is 1. The van der Waals surface area contributed by atoms with Gasteiger partial charge in [0, 0.05) is 5.56 Å². The predicted octanol–water partition coefficient (Wildman–Crippen LogP) is 2.84. The van der Waals surface area contributed by atoms with Crippen molar-refractivity contribution in [1.29, 1.82) is 0 Å². The molecule has 1 heterocycles. The molecule has 1 aromatic heterocycles. The maximum Gasteiger partial charge on any atom is 0.180 e. The lowest BCUT2D eigenvalue weighted by molar-refractivity contribution is 0.286. The topological polar surface area (TPSA) is 59.1 Å². The number of anilines is 1. The minimum Gasteiger partial charge on any atom is -0.391 e. The van der Waals surface area contributed by atoms with Crippen LogP contribution in [0.4, 0.5) is 5.13 Å². The number of aliphatic hydroxyl groups is 1. The van der Waals surface area contributed by atoms with Crippen molar-refractivity contribution < 1.29 is 5.11 Å². The lowest BCUT2D eigenvalue weighted by atomic mass is 10.1. The summed E-state index contributed by atoms with van der Waals surface area (Å²) in [5, 5.41) is 9.75. The Hall–Kier alpha value is -1.39. The van der Waals surface area contributed by atoms with Crippen LogP contribution in [0.1, 0.15) is 23.8 Å². The number of aliphatic hydroxyl groups excluding tert-OH is 1. The average Bonchev–Trinajstić information content (AvgIpc) is 2.72. The zero-order valence-electron chi connectivity index (χ0n) is 9.81. The quantitative estimate of drug-likeness (QED) is 0.874. The summed E-state index contributed by atoms with van der Waals surface area (Å²) in [6, 6.07) is 8.29. The molecule has 17 heavy (non-hydrogen) atoms. The van der Waals surface area contributed by atoms with Gasteiger partial charge < -0.3 is 10.8 Å². The van der Waals surface area contributed by atoms with E-state index in [0.29, 0.717) is 5.13 Å². The van der Waals surface area contributed by atoms with Crippen LogP contribution in [0, 0.1) is 0 Å². The minimum absolute atomic E-state index is 0.0130. The third-order valence-electron chi connectivity index (χ3n) is 2.62. The van der Waals surface area contributed by atoms with Crippen molar-refractivity contribution >= 4 is 16.5 Å². The van der Waals surface area contributed by atoms with E-state index in [1.807, 2.05) is 12.1 Å². The van der Waals surface area contributed by atoms with Gasteiger partial charge in [0.05, 0.1) is 17.2 Å². The van der Waals surface area contributed by atoms with Gasteiger partial charge in [0.25, 0.3) is 0 Å². The zero-order valence-corrected chi connectivity index (χ0v) is 10.6. The molecule has 0 saturated carbocycles. The first-order chi connectivity index (χ1) is 8.24. The van der Waals surface area contributed by atoms with Crippen LogP contribution < -0.4 is 5.73 Å². The number of nitrogens with two attached hydrogens (primary N) is 1. The largest absolute Gasteiger partial charge is 0.391 e. The zero-order chi connectivity index (χ0) is 12.3. The Balaban J connectivity index is 2.32. The molecule has 0 bridgehead atoms. The summed E-state index contributed by atoms with van der Waals surface area (Å²) in [7, 11) is 0. The monoisotopic (exact) mass is 248 g/mol. The highest BCUT2D eigenvalue weighted by molar-refractivity contribution is 7.15. The number of benzene rings is 1. The summed E-state index contributed by atoms with van der Waals surface area (Å²) >= 11 is 1.34. The Bertz CT molecular complexity index is 491. The van der Waals surface area contributed by atoms with Crippen molar-refractivity contribution in [1.82, 2.24) is 4.98 Å². The molecule has 0 atom stereocenters. The van der Waals surface area contributed by atoms with Gasteiger partial charge in [0.15, 0.2) is 5.13 Å². The average molecular weight is 248 g/mol. The maximum absolute atomic E-state index is 9.25. The van der Waals surface area contributed by atoms with Gasteiger partial charge in [0.2, 0.25) is 0 Å². The predicted molar refractivity (Wildman–Crippen MR) is 71.9 cm³/mol. The molecule has 0 aliphatic heterocycles. The molecule has 2 aromatic rings. The first-order valence-corrected chi connectivity index (χ1v) is 6.51. The number of nitrogens with zero attached hydrogens (tertiary/aromatic N) is 1. The van der Waals surface area contributed by atoms with Gasteiger partial charge in [-0.25, -0.2) is 4.98 Å². The fraction of sp³-hybridized carbons (Fsp3) is 0.308. The van der Waals surface area contributed by atoms with E-state index in [9.17, 15) is 5.11 Å². The molecule has 4 heteroatoms. The van der Waals surface area contributed by atoms with E-state index in [2.05, 4.69) is 24.0 Å². The number of thiazole rings is 1. The fourth-order valence-electron chi connectivity index (χ4n) is 1.82. The Morgan fingerprint density at radius 3 is 2.59 bits per heavy atom. The van der Waals surface area contributed by atoms with Crippen molar-refractivity contribution in [2.24, 2.45) is 0 Å². The molecule has 90 valence electrons.